The van der Waals surface area contributed by atoms with Gasteiger partial charge in [0.05, 0.1) is 30.3 Å². The highest BCUT2D eigenvalue weighted by Gasteiger charge is 2.41. The number of carbonyl (C=O) groups excluding carboxylic acids is 2. The number of hydrazine groups is 1. The van der Waals surface area contributed by atoms with Crippen molar-refractivity contribution in [1.29, 1.82) is 0 Å². The average Bonchev–Trinajstić information content (AvgIpc) is 3.51. The van der Waals surface area contributed by atoms with Crippen molar-refractivity contribution in [2.75, 3.05) is 7.11 Å². The molecule has 0 radical (unpaired) electrons. The number of hydrogen-bond acceptors (Lipinski definition) is 5. The maximum absolute atomic E-state index is 13.7. The molecular weight excluding hydrogens is 477 g/mol. The summed E-state index contributed by atoms with van der Waals surface area (Å²) in [5, 5.41) is 3.88. The van der Waals surface area contributed by atoms with Crippen LogP contribution in [0.5, 0.6) is 5.75 Å². The van der Waals surface area contributed by atoms with E-state index in [-0.39, 0.29) is 23.1 Å². The fraction of sp³-hybridized carbons (Fsp3) is 0.160. The highest BCUT2D eigenvalue weighted by atomic mass is 19.4. The first kappa shape index (κ1) is 23.2. The third-order valence-corrected chi connectivity index (χ3v) is 5.87. The zero-order chi connectivity index (χ0) is 25.4. The van der Waals surface area contributed by atoms with E-state index in [1.54, 1.807) is 30.3 Å². The molecule has 1 aliphatic carbocycles. The van der Waals surface area contributed by atoms with Gasteiger partial charge in [-0.2, -0.15) is 18.3 Å². The van der Waals surface area contributed by atoms with E-state index in [2.05, 4.69) is 16.0 Å². The number of aryl methyl sites for hydroxylation is 1. The first-order chi connectivity index (χ1) is 17.3. The molecule has 5 rings (SSSR count). The van der Waals surface area contributed by atoms with Gasteiger partial charge in [0.2, 0.25) is 0 Å². The van der Waals surface area contributed by atoms with E-state index in [1.165, 1.54) is 42.3 Å². The SMILES string of the molecule is COc1ccccc1C(=O)NNC(=O)c1ccc(-n2nc(C(F)(F)F)c3c2-c2ccoc2CC3)cc1. The Balaban J connectivity index is 1.38. The molecule has 2 amide bonds. The molecule has 2 N–H and O–H groups in total. The molecule has 184 valence electrons. The van der Waals surface area contributed by atoms with Crippen molar-refractivity contribution >= 4 is 11.8 Å². The zero-order valence-electron chi connectivity index (χ0n) is 18.8. The lowest BCUT2D eigenvalue weighted by Crippen LogP contribution is -2.41. The summed E-state index contributed by atoms with van der Waals surface area (Å²) in [6.07, 6.45) is -2.67. The van der Waals surface area contributed by atoms with Gasteiger partial charge in [0.1, 0.15) is 11.5 Å². The number of methoxy groups -OCH3 is 1. The van der Waals surface area contributed by atoms with E-state index in [9.17, 15) is 22.8 Å². The number of rotatable bonds is 4. The molecule has 0 spiro atoms. The summed E-state index contributed by atoms with van der Waals surface area (Å²) in [6, 6.07) is 14.0. The molecule has 36 heavy (non-hydrogen) atoms. The van der Waals surface area contributed by atoms with Crippen LogP contribution in [0, 0.1) is 0 Å². The third kappa shape index (κ3) is 4.08. The van der Waals surface area contributed by atoms with E-state index in [1.807, 2.05) is 0 Å². The van der Waals surface area contributed by atoms with Crippen molar-refractivity contribution in [3.05, 3.63) is 89.0 Å². The summed E-state index contributed by atoms with van der Waals surface area (Å²) < 4.78 is 52.9. The van der Waals surface area contributed by atoms with Gasteiger partial charge in [-0.05, 0) is 48.9 Å². The quantitative estimate of drug-likeness (QED) is 0.410. The molecule has 0 fully saturated rings. The summed E-state index contributed by atoms with van der Waals surface area (Å²) in [5.41, 5.74) is 5.43. The topological polar surface area (TPSA) is 98.4 Å². The molecule has 0 saturated carbocycles. The van der Waals surface area contributed by atoms with Gasteiger partial charge in [0.25, 0.3) is 11.8 Å². The van der Waals surface area contributed by atoms with E-state index < -0.39 is 23.7 Å². The Kier molecular flexibility index (Phi) is 5.75. The van der Waals surface area contributed by atoms with Crippen molar-refractivity contribution in [2.45, 2.75) is 19.0 Å². The van der Waals surface area contributed by atoms with Gasteiger partial charge in [-0.15, -0.1) is 0 Å². The number of furan rings is 1. The number of ether oxygens (including phenoxy) is 1. The number of hydrogen-bond donors (Lipinski definition) is 2. The molecule has 0 atom stereocenters. The van der Waals surface area contributed by atoms with Gasteiger partial charge in [-0.3, -0.25) is 20.4 Å². The van der Waals surface area contributed by atoms with E-state index >= 15 is 0 Å². The number of halogens is 3. The van der Waals surface area contributed by atoms with Gasteiger partial charge in [0.15, 0.2) is 5.69 Å². The van der Waals surface area contributed by atoms with Crippen LogP contribution in [0.1, 0.15) is 37.7 Å². The van der Waals surface area contributed by atoms with E-state index in [4.69, 9.17) is 9.15 Å². The number of para-hydroxylation sites is 1. The highest BCUT2D eigenvalue weighted by Crippen LogP contribution is 2.42. The lowest BCUT2D eigenvalue weighted by atomic mass is 9.94. The van der Waals surface area contributed by atoms with Gasteiger partial charge < -0.3 is 9.15 Å². The lowest BCUT2D eigenvalue weighted by Gasteiger charge is -2.15. The third-order valence-electron chi connectivity index (χ3n) is 5.87. The first-order valence-electron chi connectivity index (χ1n) is 10.9. The number of nitrogens with one attached hydrogen (secondary N) is 2. The van der Waals surface area contributed by atoms with E-state index in [0.717, 1.165) is 0 Å². The Bertz CT molecular complexity index is 1450. The molecule has 4 aromatic rings. The number of amides is 2. The summed E-state index contributed by atoms with van der Waals surface area (Å²) in [6.45, 7) is 0. The number of aromatic nitrogens is 2. The van der Waals surface area contributed by atoms with Crippen LogP contribution in [-0.4, -0.2) is 28.7 Å². The van der Waals surface area contributed by atoms with Crippen LogP contribution in [0.25, 0.3) is 16.9 Å². The summed E-state index contributed by atoms with van der Waals surface area (Å²) in [7, 11) is 1.42. The minimum absolute atomic E-state index is 0.109. The number of benzene rings is 2. The van der Waals surface area contributed by atoms with Crippen LogP contribution in [0.2, 0.25) is 0 Å². The second kappa shape index (κ2) is 8.91. The molecule has 0 saturated heterocycles. The normalized spacial score (nSPS) is 12.4. The lowest BCUT2D eigenvalue weighted by molar-refractivity contribution is -0.142. The molecule has 0 aliphatic heterocycles. The molecule has 2 heterocycles. The molecule has 8 nitrogen and oxygen atoms in total. The smallest absolute Gasteiger partial charge is 0.435 e. The Labute approximate surface area is 202 Å². The second-order valence-electron chi connectivity index (χ2n) is 8.00. The summed E-state index contributed by atoms with van der Waals surface area (Å²) in [5.74, 6) is -0.245. The molecule has 1 aliphatic rings. The van der Waals surface area contributed by atoms with E-state index in [0.29, 0.717) is 34.9 Å². The van der Waals surface area contributed by atoms with Gasteiger partial charge >= 0.3 is 6.18 Å². The Hall–Kier alpha value is -4.54. The first-order valence-corrected chi connectivity index (χ1v) is 10.9. The monoisotopic (exact) mass is 496 g/mol. The van der Waals surface area contributed by atoms with Gasteiger partial charge in [0, 0.05) is 23.1 Å². The Morgan fingerprint density at radius 3 is 2.44 bits per heavy atom. The van der Waals surface area contributed by atoms with Crippen LogP contribution in [-0.2, 0) is 19.0 Å². The van der Waals surface area contributed by atoms with Crippen LogP contribution in [0.3, 0.4) is 0 Å². The van der Waals surface area contributed by atoms with Crippen molar-refractivity contribution in [3.63, 3.8) is 0 Å². The average molecular weight is 496 g/mol. The molecule has 11 heteroatoms. The van der Waals surface area contributed by atoms with Crippen LogP contribution < -0.4 is 15.6 Å². The molecule has 2 aromatic carbocycles. The Morgan fingerprint density at radius 1 is 1.00 bits per heavy atom. The number of carbonyl (C=O) groups is 2. The van der Waals surface area contributed by atoms with Crippen LogP contribution in [0.4, 0.5) is 13.2 Å². The molecule has 2 aromatic heterocycles. The number of nitrogens with zero attached hydrogens (tertiary/aromatic N) is 2. The van der Waals surface area contributed by atoms with Crippen molar-refractivity contribution in [3.8, 4) is 22.7 Å². The standard InChI is InChI=1S/C25H19F3N4O4/c1-35-19-5-3-2-4-17(19)24(34)30-29-23(33)14-6-8-15(9-7-14)32-21-16-12-13-36-20(16)11-10-18(21)22(31-32)25(26,27)28/h2-9,12-13H,10-11H2,1H3,(H,29,33)(H,30,34). The highest BCUT2D eigenvalue weighted by molar-refractivity contribution is 6.00. The maximum Gasteiger partial charge on any atom is 0.435 e. The largest absolute Gasteiger partial charge is 0.496 e. The Morgan fingerprint density at radius 2 is 1.72 bits per heavy atom. The minimum Gasteiger partial charge on any atom is -0.496 e. The van der Waals surface area contributed by atoms with Crippen molar-refractivity contribution in [1.82, 2.24) is 20.6 Å². The van der Waals surface area contributed by atoms with Crippen molar-refractivity contribution in [2.24, 2.45) is 0 Å². The predicted molar refractivity (Wildman–Crippen MR) is 122 cm³/mol. The molecule has 0 bridgehead atoms. The zero-order valence-corrected chi connectivity index (χ0v) is 18.8. The fourth-order valence-electron chi connectivity index (χ4n) is 4.20. The van der Waals surface area contributed by atoms with Gasteiger partial charge in [-0.1, -0.05) is 12.1 Å². The summed E-state index contributed by atoms with van der Waals surface area (Å²) >= 11 is 0. The number of fused-ring (bicyclic) bond motifs is 3. The fourth-order valence-corrected chi connectivity index (χ4v) is 4.20. The molecule has 0 unspecified atom stereocenters. The van der Waals surface area contributed by atoms with Crippen LogP contribution in [0.15, 0.2) is 65.3 Å². The van der Waals surface area contributed by atoms with Crippen LogP contribution >= 0.6 is 0 Å². The maximum atomic E-state index is 13.7. The summed E-state index contributed by atoms with van der Waals surface area (Å²) in [4.78, 5) is 24.9. The second-order valence-corrected chi connectivity index (χ2v) is 8.00. The van der Waals surface area contributed by atoms with Gasteiger partial charge in [-0.25, -0.2) is 4.68 Å². The minimum atomic E-state index is -4.62. The molecular formula is C25H19F3N4O4. The number of alkyl halides is 3. The van der Waals surface area contributed by atoms with Crippen molar-refractivity contribution < 1.29 is 31.9 Å². The predicted octanol–water partition coefficient (Wildman–Crippen LogP) is 4.33.